The Labute approximate surface area is 252 Å². The molecule has 2 heterocycles. The number of unbranched alkanes of at least 4 members (excludes halogenated alkanes) is 1. The van der Waals surface area contributed by atoms with E-state index in [4.69, 9.17) is 22.8 Å². The Kier molecular flexibility index (Phi) is 10.2. The van der Waals surface area contributed by atoms with Crippen LogP contribution in [0.3, 0.4) is 0 Å². The van der Waals surface area contributed by atoms with Gasteiger partial charge < -0.3 is 14.8 Å². The number of nitrogens with zero attached hydrogens (tertiary/aromatic N) is 1. The summed E-state index contributed by atoms with van der Waals surface area (Å²) in [6.45, 7) is 3.21. The highest BCUT2D eigenvalue weighted by atomic mass is 35.5. The van der Waals surface area contributed by atoms with Crippen LogP contribution in [0.25, 0.3) is 0 Å². The van der Waals surface area contributed by atoms with Crippen molar-refractivity contribution in [3.63, 3.8) is 0 Å². The number of alkyl halides is 7. The molecular formula is C29H27ClF8N2O4. The first-order valence-electron chi connectivity index (χ1n) is 13.2. The molecule has 3 atom stereocenters. The molecule has 0 saturated heterocycles. The summed E-state index contributed by atoms with van der Waals surface area (Å²) in [5.74, 6) is -3.38. The molecule has 2 amide bonds. The van der Waals surface area contributed by atoms with Crippen LogP contribution in [0.4, 0.5) is 51.3 Å². The zero-order chi connectivity index (χ0) is 33.3. The summed E-state index contributed by atoms with van der Waals surface area (Å²) < 4.78 is 120. The maximum atomic E-state index is 14.9. The Morgan fingerprint density at radius 2 is 1.80 bits per heavy atom. The molecule has 2 aliphatic rings. The Hall–Kier alpha value is -3.57. The van der Waals surface area contributed by atoms with Gasteiger partial charge in [0.15, 0.2) is 11.8 Å². The molecule has 6 nitrogen and oxygen atoms in total. The molecule has 0 aromatic heterocycles. The first kappa shape index (κ1) is 34.9. The number of benzene rings is 2. The first-order valence-corrected chi connectivity index (χ1v) is 13.5. The second kappa shape index (κ2) is 12.8. The summed E-state index contributed by atoms with van der Waals surface area (Å²) in [7, 11) is 0. The summed E-state index contributed by atoms with van der Waals surface area (Å²) in [5.41, 5.74) is -7.55. The quantitative estimate of drug-likeness (QED) is 0.265. The van der Waals surface area contributed by atoms with E-state index in [9.17, 15) is 44.7 Å². The third-order valence-corrected chi connectivity index (χ3v) is 7.49. The SMILES string of the molecule is C#CN1C(=O)OC(C(C)C)(C(F)(F)F)C(F)c2c(F)cccc21.CCCCC1(C(F)(F)F)OCC(=O)Nc2ccc(Cl)cc21. The molecule has 15 heteroatoms. The number of carbonyl (C=O) groups excluding carboxylic acids is 2. The smallest absolute Gasteiger partial charge is 0.428 e. The summed E-state index contributed by atoms with van der Waals surface area (Å²) in [4.78, 5) is 23.9. The lowest BCUT2D eigenvalue weighted by molar-refractivity contribution is -0.294. The molecule has 4 rings (SSSR count). The van der Waals surface area contributed by atoms with Gasteiger partial charge in [0.2, 0.25) is 11.5 Å². The summed E-state index contributed by atoms with van der Waals surface area (Å²) >= 11 is 5.84. The minimum absolute atomic E-state index is 0.0929. The van der Waals surface area contributed by atoms with Crippen LogP contribution >= 0.6 is 11.6 Å². The molecule has 0 aliphatic carbocycles. The molecule has 0 bridgehead atoms. The lowest BCUT2D eigenvalue weighted by atomic mass is 9.81. The van der Waals surface area contributed by atoms with Crippen molar-refractivity contribution >= 4 is 35.0 Å². The number of anilines is 2. The Balaban J connectivity index is 0.000000241. The number of halogens is 9. The Morgan fingerprint density at radius 3 is 2.34 bits per heavy atom. The van der Waals surface area contributed by atoms with Gasteiger partial charge >= 0.3 is 18.4 Å². The predicted octanol–water partition coefficient (Wildman–Crippen LogP) is 8.60. The number of fused-ring (bicyclic) bond motifs is 2. The molecule has 240 valence electrons. The largest absolute Gasteiger partial charge is 0.431 e. The number of amides is 2. The average molecular weight is 655 g/mol. The molecule has 2 aromatic rings. The maximum Gasteiger partial charge on any atom is 0.431 e. The molecule has 1 N–H and O–H groups in total. The monoisotopic (exact) mass is 654 g/mol. The van der Waals surface area contributed by atoms with Crippen LogP contribution in [0.1, 0.15) is 57.3 Å². The zero-order valence-corrected chi connectivity index (χ0v) is 24.3. The van der Waals surface area contributed by atoms with E-state index in [-0.39, 0.29) is 22.7 Å². The van der Waals surface area contributed by atoms with Crippen molar-refractivity contribution in [2.75, 3.05) is 16.8 Å². The van der Waals surface area contributed by atoms with Crippen LogP contribution in [-0.2, 0) is 19.9 Å². The molecule has 0 fully saturated rings. The van der Waals surface area contributed by atoms with Crippen molar-refractivity contribution in [1.82, 2.24) is 0 Å². The van der Waals surface area contributed by atoms with E-state index in [1.165, 1.54) is 18.2 Å². The standard InChI is InChI=1S/C15H12F5NO2.C14H15ClF3NO2/c1-4-21-10-7-5-6-9(16)11(10)12(17)14(8(2)3,15(18,19)20)23-13(21)22;1-2-3-6-13(14(16,17)18)10-7-9(15)4-5-11(10)19-12(20)8-21-13/h1,5-8,12H,2-3H3;4-5,7H,2-3,6,8H2,1H3,(H,19,20). The highest BCUT2D eigenvalue weighted by Gasteiger charge is 2.68. The second-order valence-corrected chi connectivity index (χ2v) is 10.7. The summed E-state index contributed by atoms with van der Waals surface area (Å²) in [6, 6.07) is 8.76. The predicted molar refractivity (Wildman–Crippen MR) is 145 cm³/mol. The third-order valence-electron chi connectivity index (χ3n) is 7.25. The molecule has 44 heavy (non-hydrogen) atoms. The van der Waals surface area contributed by atoms with Gasteiger partial charge in [0.1, 0.15) is 12.4 Å². The lowest BCUT2D eigenvalue weighted by Gasteiger charge is -2.39. The number of carbonyl (C=O) groups is 2. The van der Waals surface area contributed by atoms with Gasteiger partial charge in [-0.05, 0) is 36.8 Å². The topological polar surface area (TPSA) is 67.9 Å². The fourth-order valence-electron chi connectivity index (χ4n) is 5.01. The van der Waals surface area contributed by atoms with Crippen molar-refractivity contribution in [2.24, 2.45) is 5.92 Å². The molecule has 2 aromatic carbocycles. The summed E-state index contributed by atoms with van der Waals surface area (Å²) in [5, 5.41) is 2.60. The van der Waals surface area contributed by atoms with Crippen LogP contribution in [0.5, 0.6) is 0 Å². The molecular weight excluding hydrogens is 628 g/mol. The van der Waals surface area contributed by atoms with E-state index in [0.29, 0.717) is 17.7 Å². The van der Waals surface area contributed by atoms with Crippen molar-refractivity contribution in [3.8, 4) is 12.5 Å². The fraction of sp³-hybridized carbons (Fsp3) is 0.448. The van der Waals surface area contributed by atoms with Gasteiger partial charge in [-0.15, -0.1) is 0 Å². The van der Waals surface area contributed by atoms with Crippen molar-refractivity contribution in [2.45, 2.75) is 69.8 Å². The van der Waals surface area contributed by atoms with Gasteiger partial charge in [0, 0.05) is 28.2 Å². The number of hydrogen-bond donors (Lipinski definition) is 1. The average Bonchev–Trinajstić information content (AvgIpc) is 3.12. The minimum atomic E-state index is -5.28. The third kappa shape index (κ3) is 6.17. The van der Waals surface area contributed by atoms with Crippen LogP contribution < -0.4 is 10.2 Å². The van der Waals surface area contributed by atoms with Gasteiger partial charge in [-0.2, -0.15) is 26.3 Å². The van der Waals surface area contributed by atoms with Gasteiger partial charge in [-0.3, -0.25) is 4.79 Å². The van der Waals surface area contributed by atoms with E-state index in [1.54, 1.807) is 13.0 Å². The second-order valence-electron chi connectivity index (χ2n) is 10.3. The minimum Gasteiger partial charge on any atom is -0.428 e. The maximum absolute atomic E-state index is 14.9. The number of nitrogens with one attached hydrogen (secondary N) is 1. The van der Waals surface area contributed by atoms with Crippen molar-refractivity contribution in [3.05, 3.63) is 58.4 Å². The van der Waals surface area contributed by atoms with Crippen LogP contribution in [-0.4, -0.2) is 36.6 Å². The van der Waals surface area contributed by atoms with Gasteiger partial charge in [0.05, 0.1) is 11.3 Å². The number of rotatable bonds is 4. The van der Waals surface area contributed by atoms with Crippen molar-refractivity contribution in [1.29, 1.82) is 0 Å². The Morgan fingerprint density at radius 1 is 1.14 bits per heavy atom. The highest BCUT2D eigenvalue weighted by Crippen LogP contribution is 2.54. The van der Waals surface area contributed by atoms with Gasteiger partial charge in [-0.25, -0.2) is 18.5 Å². The van der Waals surface area contributed by atoms with Gasteiger partial charge in [-0.1, -0.05) is 57.7 Å². The molecule has 0 radical (unpaired) electrons. The molecule has 0 spiro atoms. The summed E-state index contributed by atoms with van der Waals surface area (Å²) in [6.07, 6.45) is -8.74. The van der Waals surface area contributed by atoms with E-state index < -0.39 is 71.3 Å². The number of hydrogen-bond acceptors (Lipinski definition) is 4. The fourth-order valence-corrected chi connectivity index (χ4v) is 5.18. The van der Waals surface area contributed by atoms with E-state index in [1.807, 2.05) is 0 Å². The van der Waals surface area contributed by atoms with Crippen LogP contribution in [0, 0.1) is 24.2 Å². The van der Waals surface area contributed by atoms with Crippen LogP contribution in [0.2, 0.25) is 5.02 Å². The van der Waals surface area contributed by atoms with Crippen molar-refractivity contribution < 1.29 is 54.2 Å². The lowest BCUT2D eigenvalue weighted by Crippen LogP contribution is -2.56. The first-order chi connectivity index (χ1) is 20.4. The van der Waals surface area contributed by atoms with Gasteiger partial charge in [0.25, 0.3) is 0 Å². The normalized spacial score (nSPS) is 23.6. The van der Waals surface area contributed by atoms with E-state index in [2.05, 4.69) is 10.1 Å². The zero-order valence-electron chi connectivity index (χ0n) is 23.5. The van der Waals surface area contributed by atoms with E-state index in [0.717, 1.165) is 32.0 Å². The van der Waals surface area contributed by atoms with Crippen LogP contribution in [0.15, 0.2) is 36.4 Å². The molecule has 2 aliphatic heterocycles. The molecule has 3 unspecified atom stereocenters. The Bertz CT molecular complexity index is 1440. The highest BCUT2D eigenvalue weighted by molar-refractivity contribution is 6.30. The molecule has 0 saturated carbocycles. The number of ether oxygens (including phenoxy) is 2. The number of cyclic esters (lactones) is 1. The van der Waals surface area contributed by atoms with E-state index >= 15 is 0 Å². The number of terminal acetylenes is 1.